The maximum Gasteiger partial charge on any atom is 0.410 e. The largest absolute Gasteiger partial charge is 0.444 e. The molecule has 1 aromatic carbocycles. The van der Waals surface area contributed by atoms with E-state index in [0.717, 1.165) is 99.9 Å². The molecule has 3 aliphatic rings. The number of hydrogen-bond acceptors (Lipinski definition) is 5. The Labute approximate surface area is 262 Å². The molecular weight excluding hydrogens is 536 g/mol. The highest BCUT2D eigenvalue weighted by Crippen LogP contribution is 2.42. The maximum absolute atomic E-state index is 13.5. The molecule has 2 saturated heterocycles. The number of ether oxygens (including phenoxy) is 1. The van der Waals surface area contributed by atoms with Crippen LogP contribution >= 0.6 is 0 Å². The molecule has 0 aromatic heterocycles. The fraction of sp³-hybridized carbons (Fsp3) is 0.649. The zero-order valence-corrected chi connectivity index (χ0v) is 26.2. The van der Waals surface area contributed by atoms with Crippen LogP contribution in [-0.4, -0.2) is 66.8 Å². The van der Waals surface area contributed by atoms with Crippen LogP contribution in [0.5, 0.6) is 0 Å². The lowest BCUT2D eigenvalue weighted by Gasteiger charge is -2.38. The molecule has 0 spiro atoms. The van der Waals surface area contributed by atoms with Crippen LogP contribution in [0.15, 0.2) is 36.9 Å². The minimum absolute atomic E-state index is 0. The number of rotatable bonds is 7. The Morgan fingerprint density at radius 1 is 1.02 bits per heavy atom. The molecule has 1 aliphatic carbocycles. The van der Waals surface area contributed by atoms with E-state index >= 15 is 0 Å². The Bertz CT molecular complexity index is 1090. The van der Waals surface area contributed by atoms with Crippen molar-refractivity contribution in [3.63, 3.8) is 0 Å². The second kappa shape index (κ2) is 16.9. The van der Waals surface area contributed by atoms with Gasteiger partial charge in [-0.05, 0) is 114 Å². The van der Waals surface area contributed by atoms with E-state index in [1.54, 1.807) is 0 Å². The van der Waals surface area contributed by atoms with E-state index in [-0.39, 0.29) is 38.6 Å². The lowest BCUT2D eigenvalue weighted by atomic mass is 9.70. The first-order valence-electron chi connectivity index (χ1n) is 15.5. The summed E-state index contributed by atoms with van der Waals surface area (Å²) < 4.78 is 5.55. The summed E-state index contributed by atoms with van der Waals surface area (Å²) in [6.45, 7) is 25.5. The third-order valence-corrected chi connectivity index (χ3v) is 9.05. The molecule has 0 radical (unpaired) electrons. The minimum atomic E-state index is -0.441. The number of fused-ring (bicyclic) bond motifs is 1. The number of allylic oxidation sites excluding steroid dienone is 2. The number of hydrogen-bond donors (Lipinski definition) is 0. The standard InChI is InChI=1S/C34H50N2O3.CH2O.2CH4/c1-8-9-28(23(2)3)31-20-24(4)30-21-27(10-11-29(30)32(31)37)26-14-16-35(17-15-26)22-25-12-18-36(19-13-25)33(38)39-34(5,6)7;1-2;;/h10-11,21,25-26,28,31H,2,4,8-9,12-20,22H2,1,3,5-7H3;1H2;2*1H4. The summed E-state index contributed by atoms with van der Waals surface area (Å²) in [6.07, 6.45) is 7.02. The van der Waals surface area contributed by atoms with E-state index < -0.39 is 5.60 Å². The third kappa shape index (κ3) is 9.89. The van der Waals surface area contributed by atoms with E-state index in [2.05, 4.69) is 50.1 Å². The predicted molar refractivity (Wildman–Crippen MR) is 181 cm³/mol. The molecule has 242 valence electrons. The number of likely N-dealkylation sites (tertiary alicyclic amines) is 2. The van der Waals surface area contributed by atoms with E-state index in [4.69, 9.17) is 9.53 Å². The third-order valence-electron chi connectivity index (χ3n) is 9.05. The van der Waals surface area contributed by atoms with Gasteiger partial charge < -0.3 is 19.3 Å². The molecule has 43 heavy (non-hydrogen) atoms. The zero-order valence-electron chi connectivity index (χ0n) is 26.2. The molecule has 2 fully saturated rings. The van der Waals surface area contributed by atoms with Crippen molar-refractivity contribution in [2.45, 2.75) is 106 Å². The van der Waals surface area contributed by atoms with Gasteiger partial charge in [0.15, 0.2) is 5.78 Å². The van der Waals surface area contributed by atoms with Gasteiger partial charge in [-0.15, -0.1) is 0 Å². The summed E-state index contributed by atoms with van der Waals surface area (Å²) in [6, 6.07) is 6.55. The van der Waals surface area contributed by atoms with Gasteiger partial charge in [-0.2, -0.15) is 0 Å². The fourth-order valence-corrected chi connectivity index (χ4v) is 6.86. The molecule has 6 heteroatoms. The molecule has 2 aliphatic heterocycles. The lowest BCUT2D eigenvalue weighted by Crippen LogP contribution is -2.44. The fourth-order valence-electron chi connectivity index (χ4n) is 6.86. The second-order valence-corrected chi connectivity index (χ2v) is 13.3. The quantitative estimate of drug-likeness (QED) is 0.294. The van der Waals surface area contributed by atoms with Gasteiger partial charge in [0.2, 0.25) is 0 Å². The van der Waals surface area contributed by atoms with Crippen LogP contribution in [-0.2, 0) is 9.53 Å². The van der Waals surface area contributed by atoms with Gasteiger partial charge in [-0.3, -0.25) is 4.79 Å². The number of piperidine rings is 2. The first kappa shape index (κ1) is 38.3. The Kier molecular flexibility index (Phi) is 15.1. The summed E-state index contributed by atoms with van der Waals surface area (Å²) in [5, 5.41) is 0. The smallest absolute Gasteiger partial charge is 0.410 e. The van der Waals surface area contributed by atoms with Crippen molar-refractivity contribution in [3.8, 4) is 0 Å². The summed E-state index contributed by atoms with van der Waals surface area (Å²) >= 11 is 0. The monoisotopic (exact) mass is 596 g/mol. The molecule has 1 aromatic rings. The van der Waals surface area contributed by atoms with Gasteiger partial charge in [-0.1, -0.05) is 65.1 Å². The maximum atomic E-state index is 13.5. The summed E-state index contributed by atoms with van der Waals surface area (Å²) in [7, 11) is 0. The van der Waals surface area contributed by atoms with Crippen molar-refractivity contribution in [2.24, 2.45) is 17.8 Å². The Morgan fingerprint density at radius 3 is 2.16 bits per heavy atom. The predicted octanol–water partition coefficient (Wildman–Crippen LogP) is 8.81. The molecule has 6 nitrogen and oxygen atoms in total. The van der Waals surface area contributed by atoms with E-state index in [1.807, 2.05) is 32.5 Å². The van der Waals surface area contributed by atoms with Gasteiger partial charge in [0, 0.05) is 31.1 Å². The highest BCUT2D eigenvalue weighted by Gasteiger charge is 2.36. The number of amides is 1. The minimum Gasteiger partial charge on any atom is -0.444 e. The average Bonchev–Trinajstić information content (AvgIpc) is 2.94. The van der Waals surface area contributed by atoms with E-state index in [1.165, 1.54) is 5.56 Å². The van der Waals surface area contributed by atoms with Crippen LogP contribution in [0, 0.1) is 17.8 Å². The van der Waals surface area contributed by atoms with Crippen LogP contribution < -0.4 is 0 Å². The van der Waals surface area contributed by atoms with Gasteiger partial charge in [0.25, 0.3) is 0 Å². The molecule has 1 amide bonds. The van der Waals surface area contributed by atoms with Crippen molar-refractivity contribution in [3.05, 3.63) is 53.6 Å². The number of ketones is 1. The van der Waals surface area contributed by atoms with Gasteiger partial charge in [-0.25, -0.2) is 4.79 Å². The topological polar surface area (TPSA) is 66.9 Å². The number of carbonyl (C=O) groups excluding carboxylic acids is 3. The van der Waals surface area contributed by atoms with Crippen LogP contribution in [0.3, 0.4) is 0 Å². The number of benzene rings is 1. The van der Waals surface area contributed by atoms with E-state index in [0.29, 0.717) is 11.8 Å². The molecule has 2 heterocycles. The number of Topliss-reactive ketones (excluding diaryl/α,β-unsaturated/α-hetero) is 1. The summed E-state index contributed by atoms with van der Waals surface area (Å²) in [5.41, 5.74) is 5.07. The molecule has 2 unspecified atom stereocenters. The van der Waals surface area contributed by atoms with Crippen LogP contribution in [0.2, 0.25) is 0 Å². The van der Waals surface area contributed by atoms with Gasteiger partial charge >= 0.3 is 6.09 Å². The molecule has 2 atom stereocenters. The van der Waals surface area contributed by atoms with Crippen LogP contribution in [0.25, 0.3) is 5.57 Å². The number of carbonyl (C=O) groups is 3. The molecule has 0 bridgehead atoms. The summed E-state index contributed by atoms with van der Waals surface area (Å²) in [4.78, 5) is 38.4. The molecule has 4 rings (SSSR count). The van der Waals surface area contributed by atoms with Crippen molar-refractivity contribution in [1.29, 1.82) is 0 Å². The van der Waals surface area contributed by atoms with Crippen LogP contribution in [0.4, 0.5) is 4.79 Å². The van der Waals surface area contributed by atoms with Crippen molar-refractivity contribution < 1.29 is 19.1 Å². The second-order valence-electron chi connectivity index (χ2n) is 13.3. The van der Waals surface area contributed by atoms with Crippen molar-refractivity contribution in [1.82, 2.24) is 9.80 Å². The molecule has 0 N–H and O–H groups in total. The molecule has 0 saturated carbocycles. The van der Waals surface area contributed by atoms with Gasteiger partial charge in [0.05, 0.1) is 0 Å². The lowest BCUT2D eigenvalue weighted by molar-refractivity contribution is -0.0980. The Balaban J connectivity index is 0.00000226. The normalized spacial score (nSPS) is 20.5. The summed E-state index contributed by atoms with van der Waals surface area (Å²) in [5.74, 6) is 1.66. The Morgan fingerprint density at radius 2 is 1.63 bits per heavy atom. The average molecular weight is 597 g/mol. The van der Waals surface area contributed by atoms with Crippen molar-refractivity contribution >= 4 is 24.2 Å². The zero-order chi connectivity index (χ0) is 30.3. The Hall–Kier alpha value is -2.73. The van der Waals surface area contributed by atoms with Crippen molar-refractivity contribution in [2.75, 3.05) is 32.7 Å². The SMILES string of the molecule is C.C.C=C1CC(C(CCC)C(=C)C)C(=O)c2ccc(C3CCN(CC4CCN(C(=O)OC(C)(C)C)CC4)CC3)cc21.C=O. The first-order chi connectivity index (χ1) is 19.5. The highest BCUT2D eigenvalue weighted by molar-refractivity contribution is 6.05. The number of nitrogens with zero attached hydrogens (tertiary/aromatic N) is 2. The van der Waals surface area contributed by atoms with E-state index in [9.17, 15) is 9.59 Å². The highest BCUT2D eigenvalue weighted by atomic mass is 16.6. The van der Waals surface area contributed by atoms with Crippen LogP contribution in [0.1, 0.15) is 122 Å². The van der Waals surface area contributed by atoms with Gasteiger partial charge in [0.1, 0.15) is 12.4 Å². The first-order valence-corrected chi connectivity index (χ1v) is 15.5. The molecular formula is C37H60N2O4.